The summed E-state index contributed by atoms with van der Waals surface area (Å²) in [6.45, 7) is 4.77. The summed E-state index contributed by atoms with van der Waals surface area (Å²) in [5, 5.41) is 3.07. The number of rotatable bonds is 3. The first-order valence-corrected chi connectivity index (χ1v) is 9.19. The molecule has 3 rings (SSSR count). The maximum Gasteiger partial charge on any atom is 0.317 e. The minimum Gasteiger partial charge on any atom is -0.372 e. The van der Waals surface area contributed by atoms with Crippen LogP contribution >= 0.6 is 0 Å². The molecule has 0 aliphatic carbocycles. The molecule has 126 valence electrons. The van der Waals surface area contributed by atoms with Gasteiger partial charge in [0.15, 0.2) is 0 Å². The van der Waals surface area contributed by atoms with E-state index < -0.39 is 0 Å². The van der Waals surface area contributed by atoms with Gasteiger partial charge >= 0.3 is 6.03 Å². The second-order valence-electron chi connectivity index (χ2n) is 6.77. The van der Waals surface area contributed by atoms with Crippen LogP contribution in [0.3, 0.4) is 0 Å². The molecule has 0 saturated carbocycles. The third kappa shape index (κ3) is 4.63. The van der Waals surface area contributed by atoms with E-state index in [-0.39, 0.29) is 6.03 Å². The maximum absolute atomic E-state index is 12.2. The normalized spacial score (nSPS) is 19.3. The van der Waals surface area contributed by atoms with Crippen LogP contribution in [0, 0.1) is 0 Å². The van der Waals surface area contributed by atoms with Crippen molar-refractivity contribution >= 4 is 11.7 Å². The summed E-state index contributed by atoms with van der Waals surface area (Å²) in [7, 11) is 0. The Kier molecular flexibility index (Phi) is 5.78. The first-order chi connectivity index (χ1) is 11.3. The van der Waals surface area contributed by atoms with Gasteiger partial charge in [0.2, 0.25) is 0 Å². The number of benzene rings is 1. The highest BCUT2D eigenvalue weighted by Gasteiger charge is 2.15. The highest BCUT2D eigenvalue weighted by molar-refractivity contribution is 5.74. The van der Waals surface area contributed by atoms with Crippen molar-refractivity contribution in [3.05, 3.63) is 29.8 Å². The number of piperidine rings is 1. The van der Waals surface area contributed by atoms with E-state index in [1.54, 1.807) is 0 Å². The fourth-order valence-electron chi connectivity index (χ4n) is 3.54. The molecule has 2 saturated heterocycles. The van der Waals surface area contributed by atoms with Gasteiger partial charge in [0.1, 0.15) is 0 Å². The minimum absolute atomic E-state index is 0.0898. The highest BCUT2D eigenvalue weighted by Crippen LogP contribution is 2.20. The van der Waals surface area contributed by atoms with Crippen LogP contribution in [-0.2, 0) is 6.54 Å². The van der Waals surface area contributed by atoms with E-state index in [2.05, 4.69) is 34.5 Å². The van der Waals surface area contributed by atoms with Crippen molar-refractivity contribution in [3.8, 4) is 0 Å². The van der Waals surface area contributed by atoms with Crippen molar-refractivity contribution < 1.29 is 4.79 Å². The Balaban J connectivity index is 1.48. The van der Waals surface area contributed by atoms with E-state index in [1.165, 1.54) is 56.4 Å². The van der Waals surface area contributed by atoms with Gasteiger partial charge in [-0.3, -0.25) is 0 Å². The SMILES string of the molecule is O=C(NCc1ccc(N2CCCCC2)cc1)N1CCCCCC1. The lowest BCUT2D eigenvalue weighted by Gasteiger charge is -2.29. The Morgan fingerprint density at radius 2 is 1.39 bits per heavy atom. The van der Waals surface area contributed by atoms with Crippen molar-refractivity contribution in [2.45, 2.75) is 51.5 Å². The van der Waals surface area contributed by atoms with Crippen molar-refractivity contribution in [1.29, 1.82) is 0 Å². The fourth-order valence-corrected chi connectivity index (χ4v) is 3.54. The average molecular weight is 315 g/mol. The molecule has 2 aliphatic rings. The number of carbonyl (C=O) groups excluding carboxylic acids is 1. The number of hydrogen-bond donors (Lipinski definition) is 1. The van der Waals surface area contributed by atoms with Crippen molar-refractivity contribution in [3.63, 3.8) is 0 Å². The van der Waals surface area contributed by atoms with E-state index in [0.29, 0.717) is 6.54 Å². The zero-order chi connectivity index (χ0) is 15.9. The maximum atomic E-state index is 12.2. The zero-order valence-corrected chi connectivity index (χ0v) is 14.1. The summed E-state index contributed by atoms with van der Waals surface area (Å²) >= 11 is 0. The molecule has 23 heavy (non-hydrogen) atoms. The summed E-state index contributed by atoms with van der Waals surface area (Å²) in [6, 6.07) is 8.77. The number of hydrogen-bond acceptors (Lipinski definition) is 2. The van der Waals surface area contributed by atoms with Gasteiger partial charge in [-0.25, -0.2) is 4.79 Å². The van der Waals surface area contributed by atoms with Crippen LogP contribution < -0.4 is 10.2 Å². The summed E-state index contributed by atoms with van der Waals surface area (Å²) in [5.74, 6) is 0. The van der Waals surface area contributed by atoms with Crippen LogP contribution in [0.1, 0.15) is 50.5 Å². The van der Waals surface area contributed by atoms with E-state index in [1.807, 2.05) is 4.90 Å². The van der Waals surface area contributed by atoms with Gasteiger partial charge in [-0.2, -0.15) is 0 Å². The molecule has 2 fully saturated rings. The number of urea groups is 1. The number of anilines is 1. The Labute approximate surface area is 139 Å². The molecule has 4 heteroatoms. The summed E-state index contributed by atoms with van der Waals surface area (Å²) in [4.78, 5) is 16.7. The van der Waals surface area contributed by atoms with Gasteiger partial charge < -0.3 is 15.1 Å². The predicted molar refractivity (Wildman–Crippen MR) is 94.8 cm³/mol. The summed E-state index contributed by atoms with van der Waals surface area (Å²) < 4.78 is 0. The topological polar surface area (TPSA) is 35.6 Å². The van der Waals surface area contributed by atoms with Crippen LogP contribution in [0.5, 0.6) is 0 Å². The highest BCUT2D eigenvalue weighted by atomic mass is 16.2. The number of amides is 2. The molecular weight excluding hydrogens is 286 g/mol. The van der Waals surface area contributed by atoms with Crippen LogP contribution in [0.15, 0.2) is 24.3 Å². The molecule has 0 bridgehead atoms. The Morgan fingerprint density at radius 3 is 2.04 bits per heavy atom. The van der Waals surface area contributed by atoms with E-state index in [4.69, 9.17) is 0 Å². The standard InChI is InChI=1S/C19H29N3O/c23-19(22-14-4-1-2-5-15-22)20-16-17-8-10-18(11-9-17)21-12-6-3-7-13-21/h8-11H,1-7,12-16H2,(H,20,23). The second-order valence-corrected chi connectivity index (χ2v) is 6.77. The van der Waals surface area contributed by atoms with E-state index in [0.717, 1.165) is 25.9 Å². The number of nitrogens with one attached hydrogen (secondary N) is 1. The molecule has 0 unspecified atom stereocenters. The van der Waals surface area contributed by atoms with Gasteiger partial charge in [-0.05, 0) is 49.8 Å². The molecule has 0 spiro atoms. The third-order valence-corrected chi connectivity index (χ3v) is 4.99. The minimum atomic E-state index is 0.0898. The molecule has 2 heterocycles. The third-order valence-electron chi connectivity index (χ3n) is 4.99. The van der Waals surface area contributed by atoms with Gasteiger partial charge in [-0.15, -0.1) is 0 Å². The Bertz CT molecular complexity index is 486. The Hall–Kier alpha value is -1.71. The summed E-state index contributed by atoms with van der Waals surface area (Å²) in [5.41, 5.74) is 2.49. The largest absolute Gasteiger partial charge is 0.372 e. The molecule has 1 aromatic rings. The molecule has 2 aliphatic heterocycles. The average Bonchev–Trinajstić information content (AvgIpc) is 2.90. The lowest BCUT2D eigenvalue weighted by Crippen LogP contribution is -2.40. The van der Waals surface area contributed by atoms with Crippen LogP contribution in [0.4, 0.5) is 10.5 Å². The van der Waals surface area contributed by atoms with Crippen LogP contribution in [0.25, 0.3) is 0 Å². The predicted octanol–water partition coefficient (Wildman–Crippen LogP) is 3.76. The van der Waals surface area contributed by atoms with Crippen LogP contribution in [-0.4, -0.2) is 37.1 Å². The number of nitrogens with zero attached hydrogens (tertiary/aromatic N) is 2. The fraction of sp³-hybridized carbons (Fsp3) is 0.632. The quantitative estimate of drug-likeness (QED) is 0.922. The molecule has 2 amide bonds. The van der Waals surface area contributed by atoms with Crippen molar-refractivity contribution in [1.82, 2.24) is 10.2 Å². The summed E-state index contributed by atoms with van der Waals surface area (Å²) in [6.07, 6.45) is 8.73. The molecule has 1 aromatic carbocycles. The lowest BCUT2D eigenvalue weighted by atomic mass is 10.1. The van der Waals surface area contributed by atoms with Crippen LogP contribution in [0.2, 0.25) is 0 Å². The first-order valence-electron chi connectivity index (χ1n) is 9.19. The van der Waals surface area contributed by atoms with Gasteiger partial charge in [0.25, 0.3) is 0 Å². The number of likely N-dealkylation sites (tertiary alicyclic amines) is 1. The van der Waals surface area contributed by atoms with Gasteiger partial charge in [-0.1, -0.05) is 25.0 Å². The molecule has 0 atom stereocenters. The molecule has 1 N–H and O–H groups in total. The zero-order valence-electron chi connectivity index (χ0n) is 14.1. The number of carbonyl (C=O) groups is 1. The van der Waals surface area contributed by atoms with Crippen molar-refractivity contribution in [2.24, 2.45) is 0 Å². The first kappa shape index (κ1) is 16.2. The molecule has 0 aromatic heterocycles. The molecule has 0 radical (unpaired) electrons. The molecular formula is C19H29N3O. The monoisotopic (exact) mass is 315 g/mol. The second kappa shape index (κ2) is 8.23. The lowest BCUT2D eigenvalue weighted by molar-refractivity contribution is 0.199. The molecule has 4 nitrogen and oxygen atoms in total. The van der Waals surface area contributed by atoms with Crippen molar-refractivity contribution in [2.75, 3.05) is 31.1 Å². The van der Waals surface area contributed by atoms with Gasteiger partial charge in [0.05, 0.1) is 0 Å². The van der Waals surface area contributed by atoms with Gasteiger partial charge in [0, 0.05) is 38.4 Å². The Morgan fingerprint density at radius 1 is 0.826 bits per heavy atom. The van der Waals surface area contributed by atoms with E-state index >= 15 is 0 Å². The smallest absolute Gasteiger partial charge is 0.317 e. The van der Waals surface area contributed by atoms with E-state index in [9.17, 15) is 4.79 Å².